The van der Waals surface area contributed by atoms with E-state index in [1.54, 1.807) is 25.3 Å². The molecule has 1 aromatic carbocycles. The van der Waals surface area contributed by atoms with Gasteiger partial charge in [-0.25, -0.2) is 0 Å². The quantitative estimate of drug-likeness (QED) is 0.710. The smallest absolute Gasteiger partial charge is 0.379 e. The van der Waals surface area contributed by atoms with E-state index in [1.165, 1.54) is 4.57 Å². The van der Waals surface area contributed by atoms with Gasteiger partial charge in [-0.3, -0.25) is 0 Å². The van der Waals surface area contributed by atoms with E-state index in [4.69, 9.17) is 9.47 Å². The largest absolute Gasteiger partial charge is 0.406 e. The Morgan fingerprint density at radius 3 is 2.92 bits per heavy atom. The zero-order chi connectivity index (χ0) is 17.3. The van der Waals surface area contributed by atoms with Crippen molar-refractivity contribution in [3.05, 3.63) is 28.0 Å². The van der Waals surface area contributed by atoms with Gasteiger partial charge in [0.25, 0.3) is 0 Å². The molecule has 24 heavy (non-hydrogen) atoms. The highest BCUT2D eigenvalue weighted by Crippen LogP contribution is 2.32. The summed E-state index contributed by atoms with van der Waals surface area (Å²) in [6.45, 7) is 0.160. The molecule has 0 bridgehead atoms. The predicted molar refractivity (Wildman–Crippen MR) is 94.4 cm³/mol. The number of methoxy groups -OCH3 is 1. The van der Waals surface area contributed by atoms with E-state index in [-0.39, 0.29) is 12.1 Å². The van der Waals surface area contributed by atoms with Gasteiger partial charge in [-0.1, -0.05) is 6.07 Å². The average Bonchev–Trinajstić information content (AvgIpc) is 2.84. The molecule has 1 N–H and O–H groups in total. The number of rotatable bonds is 4. The third-order valence-corrected chi connectivity index (χ3v) is 5.07. The van der Waals surface area contributed by atoms with Crippen LogP contribution in [-0.4, -0.2) is 43.2 Å². The Labute approximate surface area is 151 Å². The summed E-state index contributed by atoms with van der Waals surface area (Å²) in [4.78, 5) is 0. The number of aromatic nitrogens is 1. The Bertz CT molecular complexity index is 717. The lowest BCUT2D eigenvalue weighted by molar-refractivity contribution is -0.140. The van der Waals surface area contributed by atoms with Crippen molar-refractivity contribution in [2.45, 2.75) is 31.3 Å². The zero-order valence-corrected chi connectivity index (χ0v) is 15.2. The Balaban J connectivity index is 1.93. The second-order valence-electron chi connectivity index (χ2n) is 5.80. The number of benzene rings is 1. The lowest BCUT2D eigenvalue weighted by atomic mass is 10.0. The normalized spacial score (nSPS) is 22.0. The fraction of sp³-hybridized carbons (Fsp3) is 0.500. The molecule has 1 fully saturated rings. The number of anilines is 1. The minimum atomic E-state index is -4.25. The molecule has 3 rings (SSSR count). The van der Waals surface area contributed by atoms with Gasteiger partial charge in [0.2, 0.25) is 0 Å². The molecule has 8 heteroatoms. The van der Waals surface area contributed by atoms with Crippen LogP contribution in [0.25, 0.3) is 10.9 Å². The number of ether oxygens (including phenoxy) is 2. The van der Waals surface area contributed by atoms with Gasteiger partial charge >= 0.3 is 6.18 Å². The topological polar surface area (TPSA) is 35.4 Å². The maximum Gasteiger partial charge on any atom is 0.406 e. The molecule has 1 aliphatic rings. The van der Waals surface area contributed by atoms with Crippen LogP contribution in [0.1, 0.15) is 6.42 Å². The minimum Gasteiger partial charge on any atom is -0.379 e. The monoisotopic (exact) mass is 454 g/mol. The van der Waals surface area contributed by atoms with Crippen LogP contribution in [0, 0.1) is 3.70 Å². The lowest BCUT2D eigenvalue weighted by Crippen LogP contribution is -2.43. The summed E-state index contributed by atoms with van der Waals surface area (Å²) in [5.74, 6) is 0. The molecule has 0 radical (unpaired) electrons. The number of alkyl halides is 3. The molecule has 0 aliphatic carbocycles. The summed E-state index contributed by atoms with van der Waals surface area (Å²) >= 11 is 1.94. The van der Waals surface area contributed by atoms with Crippen molar-refractivity contribution in [1.82, 2.24) is 4.57 Å². The van der Waals surface area contributed by atoms with Crippen LogP contribution in [0.2, 0.25) is 0 Å². The zero-order valence-electron chi connectivity index (χ0n) is 13.1. The molecule has 2 aromatic rings. The number of halogens is 4. The molecule has 0 spiro atoms. The van der Waals surface area contributed by atoms with Crippen LogP contribution in [0.4, 0.5) is 18.9 Å². The lowest BCUT2D eigenvalue weighted by Gasteiger charge is -2.32. The summed E-state index contributed by atoms with van der Waals surface area (Å²) in [7, 11) is 1.64. The third-order valence-electron chi connectivity index (χ3n) is 4.18. The number of nitrogens with one attached hydrogen (secondary N) is 1. The van der Waals surface area contributed by atoms with Gasteiger partial charge in [-0.05, 0) is 47.2 Å². The van der Waals surface area contributed by atoms with E-state index in [0.29, 0.717) is 22.4 Å². The molecule has 2 atom stereocenters. The third kappa shape index (κ3) is 3.80. The summed E-state index contributed by atoms with van der Waals surface area (Å²) in [6, 6.07) is 7.22. The van der Waals surface area contributed by atoms with Crippen molar-refractivity contribution in [2.24, 2.45) is 0 Å². The molecule has 4 nitrogen and oxygen atoms in total. The highest BCUT2D eigenvalue weighted by atomic mass is 127. The van der Waals surface area contributed by atoms with Crippen molar-refractivity contribution < 1.29 is 22.6 Å². The standard InChI is InChI=1S/C16H18F3IN2O2/c1-23-14-8-24-6-5-12(14)21-11-3-2-4-13-10(11)7-15(20)22(13)9-16(17,18)19/h2-4,7,12,14,21H,5-6,8-9H2,1H3/t12-,14-/m1/s1. The fourth-order valence-corrected chi connectivity index (χ4v) is 3.77. The van der Waals surface area contributed by atoms with Crippen molar-refractivity contribution in [2.75, 3.05) is 25.6 Å². The average molecular weight is 454 g/mol. The van der Waals surface area contributed by atoms with Crippen LogP contribution >= 0.6 is 22.6 Å². The van der Waals surface area contributed by atoms with Gasteiger partial charge in [-0.2, -0.15) is 13.2 Å². The first-order valence-corrected chi connectivity index (χ1v) is 8.68. The summed E-state index contributed by atoms with van der Waals surface area (Å²) in [5, 5.41) is 4.21. The molecular formula is C16H18F3IN2O2. The van der Waals surface area contributed by atoms with Crippen molar-refractivity contribution in [3.63, 3.8) is 0 Å². The number of hydrogen-bond acceptors (Lipinski definition) is 3. The van der Waals surface area contributed by atoms with E-state index in [2.05, 4.69) is 5.32 Å². The Morgan fingerprint density at radius 1 is 1.42 bits per heavy atom. The predicted octanol–water partition coefficient (Wildman–Crippen LogP) is 4.02. The molecular weight excluding hydrogens is 436 g/mol. The van der Waals surface area contributed by atoms with Crippen molar-refractivity contribution in [1.29, 1.82) is 0 Å². The SMILES string of the molecule is CO[C@@H]1COCC[C@H]1Nc1cccc2c1cc(I)n2CC(F)(F)F. The molecule has 1 aliphatic heterocycles. The maximum atomic E-state index is 12.8. The van der Waals surface area contributed by atoms with E-state index in [0.717, 1.165) is 17.5 Å². The molecule has 0 saturated carbocycles. The second kappa shape index (κ2) is 7.09. The molecule has 1 saturated heterocycles. The first-order valence-electron chi connectivity index (χ1n) is 7.60. The van der Waals surface area contributed by atoms with E-state index in [9.17, 15) is 13.2 Å². The van der Waals surface area contributed by atoms with Gasteiger partial charge in [0.05, 0.1) is 21.9 Å². The van der Waals surface area contributed by atoms with Gasteiger partial charge in [0.1, 0.15) is 12.6 Å². The Morgan fingerprint density at radius 2 is 2.21 bits per heavy atom. The van der Waals surface area contributed by atoms with E-state index < -0.39 is 12.7 Å². The Kier molecular flexibility index (Phi) is 5.26. The van der Waals surface area contributed by atoms with Crippen LogP contribution in [-0.2, 0) is 16.0 Å². The summed E-state index contributed by atoms with van der Waals surface area (Å²) in [5.41, 5.74) is 1.39. The van der Waals surface area contributed by atoms with Gasteiger partial charge in [-0.15, -0.1) is 0 Å². The maximum absolute atomic E-state index is 12.8. The van der Waals surface area contributed by atoms with Crippen molar-refractivity contribution >= 4 is 39.2 Å². The van der Waals surface area contributed by atoms with E-state index >= 15 is 0 Å². The summed E-state index contributed by atoms with van der Waals surface area (Å²) in [6.07, 6.45) is -3.54. The van der Waals surface area contributed by atoms with Crippen LogP contribution in [0.5, 0.6) is 0 Å². The molecule has 1 aromatic heterocycles. The molecule has 0 amide bonds. The van der Waals surface area contributed by atoms with Crippen LogP contribution < -0.4 is 5.32 Å². The first-order chi connectivity index (χ1) is 11.4. The molecule has 2 heterocycles. The van der Waals surface area contributed by atoms with Crippen LogP contribution in [0.15, 0.2) is 24.3 Å². The van der Waals surface area contributed by atoms with Crippen molar-refractivity contribution in [3.8, 4) is 0 Å². The van der Waals surface area contributed by atoms with Crippen LogP contribution in [0.3, 0.4) is 0 Å². The van der Waals surface area contributed by atoms with Gasteiger partial charge in [0.15, 0.2) is 0 Å². The second-order valence-corrected chi connectivity index (χ2v) is 6.90. The molecule has 132 valence electrons. The first kappa shape index (κ1) is 17.8. The van der Waals surface area contributed by atoms with E-state index in [1.807, 2.05) is 28.7 Å². The van der Waals surface area contributed by atoms with Gasteiger partial charge in [0, 0.05) is 24.8 Å². The fourth-order valence-electron chi connectivity index (χ4n) is 3.03. The number of fused-ring (bicyclic) bond motifs is 1. The Hall–Kier alpha value is -1.00. The number of nitrogens with zero attached hydrogens (tertiary/aromatic N) is 1. The number of hydrogen-bond donors (Lipinski definition) is 1. The highest BCUT2D eigenvalue weighted by Gasteiger charge is 2.30. The van der Waals surface area contributed by atoms with Gasteiger partial charge < -0.3 is 19.4 Å². The highest BCUT2D eigenvalue weighted by molar-refractivity contribution is 14.1. The summed E-state index contributed by atoms with van der Waals surface area (Å²) < 4.78 is 51.2. The molecule has 0 unspecified atom stereocenters. The minimum absolute atomic E-state index is 0.0676.